The molecular weight excluding hydrogens is 292 g/mol. The number of benzene rings is 1. The van der Waals surface area contributed by atoms with Crippen molar-refractivity contribution in [1.82, 2.24) is 4.72 Å². The van der Waals surface area contributed by atoms with Crippen LogP contribution in [0.15, 0.2) is 29.2 Å². The Hall–Kier alpha value is -0.720. The summed E-state index contributed by atoms with van der Waals surface area (Å²) in [6.07, 6.45) is 3.04. The molecular formula is C14H22N2O2S2. The van der Waals surface area contributed by atoms with Gasteiger partial charge in [-0.05, 0) is 49.4 Å². The zero-order chi connectivity index (χ0) is 14.6. The minimum absolute atomic E-state index is 0.136. The zero-order valence-electron chi connectivity index (χ0n) is 11.7. The second-order valence-electron chi connectivity index (χ2n) is 5.47. The quantitative estimate of drug-likeness (QED) is 0.625. The van der Waals surface area contributed by atoms with Crippen LogP contribution in [-0.2, 0) is 10.0 Å². The highest BCUT2D eigenvalue weighted by Crippen LogP contribution is 2.25. The normalized spacial score (nSPS) is 23.1. The maximum atomic E-state index is 12.0. The fraction of sp³-hybridized carbons (Fsp3) is 0.571. The van der Waals surface area contributed by atoms with E-state index in [1.807, 2.05) is 24.3 Å². The minimum atomic E-state index is -3.16. The summed E-state index contributed by atoms with van der Waals surface area (Å²) in [6.45, 7) is 2.17. The highest BCUT2D eigenvalue weighted by molar-refractivity contribution is 8.00. The standard InChI is InChI=1S/C14H22N2O2S2/c1-11-2-5-13(10-11)16-20(17,18)9-8-19-14-6-3-12(15)4-7-14/h3-4,6-7,11,13,16H,2,5,8-10,15H2,1H3. The van der Waals surface area contributed by atoms with E-state index in [2.05, 4.69) is 11.6 Å². The van der Waals surface area contributed by atoms with Crippen LogP contribution in [0.4, 0.5) is 5.69 Å². The molecule has 0 bridgehead atoms. The summed E-state index contributed by atoms with van der Waals surface area (Å²) < 4.78 is 26.8. The van der Waals surface area contributed by atoms with E-state index in [0.29, 0.717) is 11.7 Å². The Balaban J connectivity index is 1.76. The largest absolute Gasteiger partial charge is 0.399 e. The summed E-state index contributed by atoms with van der Waals surface area (Å²) in [5.41, 5.74) is 6.33. The second kappa shape index (κ2) is 6.83. The zero-order valence-corrected chi connectivity index (χ0v) is 13.3. The number of sulfonamides is 1. The lowest BCUT2D eigenvalue weighted by Gasteiger charge is -2.12. The third kappa shape index (κ3) is 5.00. The molecule has 1 saturated carbocycles. The molecule has 0 saturated heterocycles. The Bertz CT molecular complexity index is 529. The monoisotopic (exact) mass is 314 g/mol. The Labute approximate surface area is 125 Å². The maximum Gasteiger partial charge on any atom is 0.212 e. The lowest BCUT2D eigenvalue weighted by atomic mass is 10.1. The Kier molecular flexibility index (Phi) is 5.35. The van der Waals surface area contributed by atoms with Crippen molar-refractivity contribution in [2.45, 2.75) is 37.1 Å². The van der Waals surface area contributed by atoms with Crippen molar-refractivity contribution in [3.63, 3.8) is 0 Å². The summed E-state index contributed by atoms with van der Waals surface area (Å²) in [7, 11) is -3.16. The smallest absolute Gasteiger partial charge is 0.212 e. The van der Waals surface area contributed by atoms with E-state index in [-0.39, 0.29) is 11.8 Å². The molecule has 0 spiro atoms. The van der Waals surface area contributed by atoms with Crippen LogP contribution in [0.25, 0.3) is 0 Å². The molecule has 1 aliphatic carbocycles. The molecule has 0 aliphatic heterocycles. The van der Waals surface area contributed by atoms with Gasteiger partial charge in [-0.15, -0.1) is 11.8 Å². The Morgan fingerprint density at radius 3 is 2.60 bits per heavy atom. The molecule has 2 atom stereocenters. The predicted molar refractivity (Wildman–Crippen MR) is 85.3 cm³/mol. The van der Waals surface area contributed by atoms with Crippen molar-refractivity contribution in [1.29, 1.82) is 0 Å². The summed E-state index contributed by atoms with van der Waals surface area (Å²) >= 11 is 1.54. The van der Waals surface area contributed by atoms with Gasteiger partial charge in [0.25, 0.3) is 0 Å². The topological polar surface area (TPSA) is 72.2 Å². The molecule has 0 radical (unpaired) electrons. The molecule has 0 amide bonds. The van der Waals surface area contributed by atoms with E-state index < -0.39 is 10.0 Å². The van der Waals surface area contributed by atoms with Gasteiger partial charge in [0, 0.05) is 22.4 Å². The molecule has 1 aromatic carbocycles. The number of nitrogens with one attached hydrogen (secondary N) is 1. The SMILES string of the molecule is CC1CCC(NS(=O)(=O)CCSc2ccc(N)cc2)C1. The van der Waals surface area contributed by atoms with Crippen LogP contribution in [0.5, 0.6) is 0 Å². The van der Waals surface area contributed by atoms with Gasteiger partial charge in [0.15, 0.2) is 0 Å². The number of hydrogen-bond donors (Lipinski definition) is 2. The van der Waals surface area contributed by atoms with Gasteiger partial charge in [-0.1, -0.05) is 6.92 Å². The molecule has 112 valence electrons. The summed E-state index contributed by atoms with van der Waals surface area (Å²) in [5.74, 6) is 1.35. The first kappa shape index (κ1) is 15.7. The molecule has 0 heterocycles. The molecule has 6 heteroatoms. The fourth-order valence-corrected chi connectivity index (χ4v) is 5.08. The van der Waals surface area contributed by atoms with Crippen molar-refractivity contribution >= 4 is 27.5 Å². The predicted octanol–water partition coefficient (Wildman–Crippen LogP) is 2.47. The molecule has 3 N–H and O–H groups in total. The summed E-state index contributed by atoms with van der Waals surface area (Å²) in [5, 5.41) is 0. The van der Waals surface area contributed by atoms with E-state index >= 15 is 0 Å². The summed E-state index contributed by atoms with van der Waals surface area (Å²) in [4.78, 5) is 1.05. The average Bonchev–Trinajstić information content (AvgIpc) is 2.76. The Morgan fingerprint density at radius 2 is 2.00 bits per heavy atom. The van der Waals surface area contributed by atoms with Crippen molar-refractivity contribution in [2.24, 2.45) is 5.92 Å². The van der Waals surface area contributed by atoms with Gasteiger partial charge in [-0.25, -0.2) is 13.1 Å². The highest BCUT2D eigenvalue weighted by Gasteiger charge is 2.25. The van der Waals surface area contributed by atoms with E-state index in [0.717, 1.165) is 29.8 Å². The van der Waals surface area contributed by atoms with Crippen LogP contribution in [0.3, 0.4) is 0 Å². The van der Waals surface area contributed by atoms with E-state index in [1.54, 1.807) is 0 Å². The lowest BCUT2D eigenvalue weighted by Crippen LogP contribution is -2.35. The van der Waals surface area contributed by atoms with Crippen molar-refractivity contribution < 1.29 is 8.42 Å². The number of rotatable bonds is 6. The van der Waals surface area contributed by atoms with Crippen molar-refractivity contribution in [3.8, 4) is 0 Å². The molecule has 2 rings (SSSR count). The molecule has 0 aromatic heterocycles. The second-order valence-corrected chi connectivity index (χ2v) is 8.51. The first-order valence-corrected chi connectivity index (χ1v) is 9.57. The molecule has 4 nitrogen and oxygen atoms in total. The van der Waals surface area contributed by atoms with Crippen molar-refractivity contribution in [3.05, 3.63) is 24.3 Å². The van der Waals surface area contributed by atoms with Crippen LogP contribution in [0.2, 0.25) is 0 Å². The van der Waals surface area contributed by atoms with Gasteiger partial charge in [-0.2, -0.15) is 0 Å². The first-order valence-electron chi connectivity index (χ1n) is 6.93. The summed E-state index contributed by atoms with van der Waals surface area (Å²) in [6, 6.07) is 7.62. The number of nitrogens with two attached hydrogens (primary N) is 1. The van der Waals surface area contributed by atoms with Crippen LogP contribution in [0.1, 0.15) is 26.2 Å². The fourth-order valence-electron chi connectivity index (χ4n) is 2.46. The lowest BCUT2D eigenvalue weighted by molar-refractivity contribution is 0.539. The van der Waals surface area contributed by atoms with Gasteiger partial charge < -0.3 is 5.73 Å². The third-order valence-electron chi connectivity index (χ3n) is 3.54. The number of anilines is 1. The number of nitrogen functional groups attached to an aromatic ring is 1. The maximum absolute atomic E-state index is 12.0. The third-order valence-corrected chi connectivity index (χ3v) is 6.25. The van der Waals surface area contributed by atoms with E-state index in [9.17, 15) is 8.42 Å². The average molecular weight is 314 g/mol. The molecule has 20 heavy (non-hydrogen) atoms. The van der Waals surface area contributed by atoms with Crippen molar-refractivity contribution in [2.75, 3.05) is 17.2 Å². The van der Waals surface area contributed by atoms with Gasteiger partial charge in [0.1, 0.15) is 0 Å². The van der Waals surface area contributed by atoms with Crippen LogP contribution in [-0.4, -0.2) is 26.0 Å². The van der Waals surface area contributed by atoms with Crippen LogP contribution in [0, 0.1) is 5.92 Å². The van der Waals surface area contributed by atoms with E-state index in [4.69, 9.17) is 5.73 Å². The molecule has 1 fully saturated rings. The molecule has 2 unspecified atom stereocenters. The van der Waals surface area contributed by atoms with Gasteiger partial charge in [0.2, 0.25) is 10.0 Å². The van der Waals surface area contributed by atoms with Gasteiger partial charge >= 0.3 is 0 Å². The van der Waals surface area contributed by atoms with Gasteiger partial charge in [0.05, 0.1) is 5.75 Å². The highest BCUT2D eigenvalue weighted by atomic mass is 32.2. The van der Waals surface area contributed by atoms with Crippen LogP contribution >= 0.6 is 11.8 Å². The minimum Gasteiger partial charge on any atom is -0.399 e. The molecule has 1 aromatic rings. The molecule has 1 aliphatic rings. The van der Waals surface area contributed by atoms with Crippen LogP contribution < -0.4 is 10.5 Å². The number of thioether (sulfide) groups is 1. The Morgan fingerprint density at radius 1 is 1.30 bits per heavy atom. The van der Waals surface area contributed by atoms with E-state index in [1.165, 1.54) is 11.8 Å². The first-order chi connectivity index (χ1) is 9.44. The van der Waals surface area contributed by atoms with Gasteiger partial charge in [-0.3, -0.25) is 0 Å². The number of hydrogen-bond acceptors (Lipinski definition) is 4.